The van der Waals surface area contributed by atoms with E-state index in [1.54, 1.807) is 0 Å². The molecule has 0 bridgehead atoms. The van der Waals surface area contributed by atoms with Crippen LogP contribution in [-0.2, 0) is 21.7 Å². The fourth-order valence-corrected chi connectivity index (χ4v) is 14.1. The Balaban J connectivity index is 1.14. The molecule has 13 rings (SSSR count). The monoisotopic (exact) mass is 1120 g/mol. The normalized spacial score (nSPS) is 13.0. The van der Waals surface area contributed by atoms with Gasteiger partial charge < -0.3 is 14.7 Å². The molecule has 0 saturated heterocycles. The fraction of sp³-hybridized carbons (Fsp3) is 0.195. The summed E-state index contributed by atoms with van der Waals surface area (Å²) in [5, 5.41) is 0. The second-order valence-electron chi connectivity index (χ2n) is 26.5. The van der Waals surface area contributed by atoms with Crippen molar-refractivity contribution in [2.24, 2.45) is 0 Å². The van der Waals surface area contributed by atoms with Gasteiger partial charge in [-0.05, 0) is 160 Å². The van der Waals surface area contributed by atoms with Gasteiger partial charge in [0.2, 0.25) is 0 Å². The largest absolute Gasteiger partial charge is 0.311 e. The highest BCUT2D eigenvalue weighted by molar-refractivity contribution is 7.00. The number of nitrogens with zero attached hydrogens (tertiary/aromatic N) is 3. The van der Waals surface area contributed by atoms with Crippen LogP contribution in [0.25, 0.3) is 0 Å². The van der Waals surface area contributed by atoms with Gasteiger partial charge in [-0.25, -0.2) is 0 Å². The van der Waals surface area contributed by atoms with E-state index in [9.17, 15) is 0 Å². The summed E-state index contributed by atoms with van der Waals surface area (Å²) in [4.78, 5) is 7.73. The van der Waals surface area contributed by atoms with Crippen molar-refractivity contribution < 1.29 is 0 Å². The van der Waals surface area contributed by atoms with Crippen molar-refractivity contribution in [2.45, 2.75) is 105 Å². The molecule has 3 nitrogen and oxygen atoms in total. The van der Waals surface area contributed by atoms with Gasteiger partial charge in [0.1, 0.15) is 0 Å². The van der Waals surface area contributed by atoms with E-state index in [2.05, 4.69) is 353 Å². The van der Waals surface area contributed by atoms with Gasteiger partial charge in [0.05, 0.1) is 5.69 Å². The molecule has 0 aromatic heterocycles. The molecule has 2 aliphatic heterocycles. The molecule has 86 heavy (non-hydrogen) atoms. The van der Waals surface area contributed by atoms with Gasteiger partial charge in [-0.1, -0.05) is 261 Å². The summed E-state index contributed by atoms with van der Waals surface area (Å²) in [6.45, 7) is 27.7. The molecule has 0 spiro atoms. The van der Waals surface area contributed by atoms with Gasteiger partial charge in [0, 0.05) is 67.2 Å². The van der Waals surface area contributed by atoms with Gasteiger partial charge in [-0.15, -0.1) is 0 Å². The minimum Gasteiger partial charge on any atom is -0.311 e. The first-order valence-corrected chi connectivity index (χ1v) is 30.8. The Labute approximate surface area is 512 Å². The molecule has 0 amide bonds. The topological polar surface area (TPSA) is 9.72 Å². The van der Waals surface area contributed by atoms with E-state index in [0.29, 0.717) is 0 Å². The number of benzene rings is 11. The highest BCUT2D eigenvalue weighted by atomic mass is 15.2. The Hall–Kier alpha value is -9.12. The summed E-state index contributed by atoms with van der Waals surface area (Å²) in [5.74, 6) is 0. The van der Waals surface area contributed by atoms with Crippen molar-refractivity contribution in [1.29, 1.82) is 0 Å². The van der Waals surface area contributed by atoms with Crippen molar-refractivity contribution in [1.82, 2.24) is 0 Å². The zero-order chi connectivity index (χ0) is 59.9. The van der Waals surface area contributed by atoms with Crippen LogP contribution in [0, 0.1) is 27.7 Å². The Morgan fingerprint density at radius 3 is 0.919 bits per heavy atom. The van der Waals surface area contributed by atoms with Crippen LogP contribution in [-0.4, -0.2) is 6.71 Å². The molecular weight excluding hydrogens is 1040 g/mol. The lowest BCUT2D eigenvalue weighted by Crippen LogP contribution is -2.61. The smallest absolute Gasteiger partial charge is 0.252 e. The highest BCUT2D eigenvalue weighted by Gasteiger charge is 2.46. The van der Waals surface area contributed by atoms with Crippen LogP contribution in [0.4, 0.5) is 51.2 Å². The summed E-state index contributed by atoms with van der Waals surface area (Å²) in [6, 6.07) is 96.6. The zero-order valence-electron chi connectivity index (χ0n) is 52.2. The van der Waals surface area contributed by atoms with Gasteiger partial charge >= 0.3 is 0 Å². The van der Waals surface area contributed by atoms with Crippen LogP contribution in [0.5, 0.6) is 0 Å². The summed E-state index contributed by atoms with van der Waals surface area (Å²) in [7, 11) is 0. The quantitative estimate of drug-likeness (QED) is 0.107. The first-order chi connectivity index (χ1) is 41.3. The number of anilines is 9. The lowest BCUT2D eigenvalue weighted by atomic mass is 9.33. The molecule has 0 radical (unpaired) electrons. The summed E-state index contributed by atoms with van der Waals surface area (Å²) in [6.07, 6.45) is 0. The molecule has 0 N–H and O–H groups in total. The lowest BCUT2D eigenvalue weighted by Gasteiger charge is -2.46. The van der Waals surface area contributed by atoms with E-state index in [4.69, 9.17) is 0 Å². The first kappa shape index (κ1) is 56.0. The number of hydrogen-bond donors (Lipinski definition) is 0. The SMILES string of the molecule is Cc1ccc(N(c2cc3c4c(c2)N(c2ccc(C(C)(C)c5ccccc5)cc2)c2ccc(C(C)(C)c5ccccc5)cc2B4c2cc(C(C)(C)c4ccccc4)ccc2N3c2ccc(C(C)(C)c3ccccc3)cc2)c2ccc(C)cc2C)c(C)c1. The van der Waals surface area contributed by atoms with Crippen LogP contribution in [0.15, 0.2) is 255 Å². The predicted molar refractivity (Wildman–Crippen MR) is 368 cm³/mol. The number of rotatable bonds is 13. The molecule has 2 aliphatic rings. The van der Waals surface area contributed by atoms with Gasteiger partial charge in [-0.3, -0.25) is 0 Å². The van der Waals surface area contributed by atoms with E-state index in [-0.39, 0.29) is 28.4 Å². The average molecular weight is 1120 g/mol. The van der Waals surface area contributed by atoms with Crippen molar-refractivity contribution >= 4 is 74.3 Å². The van der Waals surface area contributed by atoms with Crippen molar-refractivity contribution in [3.05, 3.63) is 322 Å². The Morgan fingerprint density at radius 2 is 0.593 bits per heavy atom. The zero-order valence-corrected chi connectivity index (χ0v) is 52.2. The Kier molecular flexibility index (Phi) is 14.0. The van der Waals surface area contributed by atoms with Crippen LogP contribution in [0.1, 0.15) is 122 Å². The van der Waals surface area contributed by atoms with Gasteiger partial charge in [-0.2, -0.15) is 0 Å². The van der Waals surface area contributed by atoms with Crippen molar-refractivity contribution in [3.63, 3.8) is 0 Å². The van der Waals surface area contributed by atoms with Crippen molar-refractivity contribution in [2.75, 3.05) is 14.7 Å². The maximum absolute atomic E-state index is 2.60. The molecule has 424 valence electrons. The first-order valence-electron chi connectivity index (χ1n) is 30.8. The molecule has 11 aromatic rings. The van der Waals surface area contributed by atoms with Crippen molar-refractivity contribution in [3.8, 4) is 0 Å². The molecule has 11 aromatic carbocycles. The molecule has 0 fully saturated rings. The third kappa shape index (κ3) is 9.55. The summed E-state index contributed by atoms with van der Waals surface area (Å²) < 4.78 is 0. The second-order valence-corrected chi connectivity index (χ2v) is 26.5. The standard InChI is InChI=1S/C82H78BN3/c1-55-33-45-72(57(3)49-55)86(73-46-34-56(2)50-58(73)4)69-53-76-78-77(54-69)85(68-43-37-64(38-44-68)80(7,8)60-27-19-14-20-28-60)75-48-40-66(82(11,12)62-31-23-16-24-32-62)52-71(75)83(78)70-51-65(81(9,10)61-29-21-15-22-30-61)39-47-74(70)84(76)67-41-35-63(36-42-67)79(5,6)59-25-17-13-18-26-59/h13-54H,1-12H3. The fourth-order valence-electron chi connectivity index (χ4n) is 14.1. The molecule has 2 heterocycles. The predicted octanol–water partition coefficient (Wildman–Crippen LogP) is 19.8. The van der Waals surface area contributed by atoms with E-state index in [1.165, 1.54) is 94.5 Å². The maximum atomic E-state index is 2.60. The maximum Gasteiger partial charge on any atom is 0.252 e. The average Bonchev–Trinajstić information content (AvgIpc) is 0.848. The van der Waals surface area contributed by atoms with Gasteiger partial charge in [0.15, 0.2) is 0 Å². The van der Waals surface area contributed by atoms with Crippen LogP contribution in [0.3, 0.4) is 0 Å². The molecule has 0 atom stereocenters. The second kappa shape index (κ2) is 21.4. The van der Waals surface area contributed by atoms with E-state index >= 15 is 0 Å². The van der Waals surface area contributed by atoms with E-state index in [0.717, 1.165) is 39.8 Å². The third-order valence-electron chi connectivity index (χ3n) is 19.6. The number of fused-ring (bicyclic) bond motifs is 4. The minimum absolute atomic E-state index is 0.146. The Bertz CT molecular complexity index is 4040. The number of hydrogen-bond acceptors (Lipinski definition) is 3. The van der Waals surface area contributed by atoms with Crippen LogP contribution in [0.2, 0.25) is 0 Å². The molecule has 0 aliphatic carbocycles. The van der Waals surface area contributed by atoms with E-state index < -0.39 is 0 Å². The molecule has 0 saturated carbocycles. The minimum atomic E-state index is -0.299. The highest BCUT2D eigenvalue weighted by Crippen LogP contribution is 2.51. The number of aryl methyl sites for hydroxylation is 4. The molecular formula is C82H78BN3. The Morgan fingerprint density at radius 1 is 0.291 bits per heavy atom. The summed E-state index contributed by atoms with van der Waals surface area (Å²) in [5.41, 5.74) is 28.3. The summed E-state index contributed by atoms with van der Waals surface area (Å²) >= 11 is 0. The van der Waals surface area contributed by atoms with Gasteiger partial charge in [0.25, 0.3) is 6.71 Å². The third-order valence-corrected chi connectivity index (χ3v) is 19.6. The van der Waals surface area contributed by atoms with Crippen LogP contribution < -0.4 is 31.1 Å². The molecule has 4 heteroatoms. The van der Waals surface area contributed by atoms with E-state index in [1.807, 2.05) is 0 Å². The van der Waals surface area contributed by atoms with Crippen LogP contribution >= 0.6 is 0 Å². The molecule has 0 unspecified atom stereocenters. The lowest BCUT2D eigenvalue weighted by molar-refractivity contribution is 0.641.